The lowest BCUT2D eigenvalue weighted by Crippen LogP contribution is -2.32. The molecule has 0 saturated heterocycles. The van der Waals surface area contributed by atoms with Crippen LogP contribution in [0.1, 0.15) is 16.1 Å². The summed E-state index contributed by atoms with van der Waals surface area (Å²) in [6.45, 7) is 2.93. The first-order valence-corrected chi connectivity index (χ1v) is 7.97. The van der Waals surface area contributed by atoms with Crippen molar-refractivity contribution in [2.75, 3.05) is 18.4 Å². The first-order chi connectivity index (χ1) is 12.1. The second kappa shape index (κ2) is 7.12. The highest BCUT2D eigenvalue weighted by molar-refractivity contribution is 6.04. The molecule has 7 nitrogen and oxygen atoms in total. The molecule has 1 amide bonds. The third-order valence-electron chi connectivity index (χ3n) is 3.80. The zero-order chi connectivity index (χ0) is 17.8. The quantitative estimate of drug-likeness (QED) is 0.689. The number of carbonyl (C=O) groups excluding carboxylic acids is 1. The molecule has 25 heavy (non-hydrogen) atoms. The van der Waals surface area contributed by atoms with E-state index in [-0.39, 0.29) is 17.2 Å². The maximum atomic E-state index is 12.5. The monoisotopic (exact) mass is 337 g/mol. The Hall–Kier alpha value is -3.22. The molecule has 2 aromatic heterocycles. The lowest BCUT2D eigenvalue weighted by atomic mass is 10.1. The second-order valence-electron chi connectivity index (χ2n) is 5.72. The van der Waals surface area contributed by atoms with Gasteiger partial charge in [-0.05, 0) is 30.7 Å². The predicted octanol–water partition coefficient (Wildman–Crippen LogP) is 1.48. The topological polar surface area (TPSA) is 88.9 Å². The van der Waals surface area contributed by atoms with Gasteiger partial charge in [0.15, 0.2) is 5.69 Å². The van der Waals surface area contributed by atoms with Gasteiger partial charge in [-0.1, -0.05) is 18.2 Å². The van der Waals surface area contributed by atoms with Gasteiger partial charge in [0.1, 0.15) is 5.82 Å². The standard InChI is InChI=1S/C18H19N5O2/c1-12-7-8-19-15(11-12)20-9-10-21-17(24)16-13-5-3-4-6-14(13)18(25)23(2)22-16/h3-8,11H,9-10H2,1-2H3,(H,19,20)(H,21,24). The van der Waals surface area contributed by atoms with E-state index in [0.717, 1.165) is 11.4 Å². The van der Waals surface area contributed by atoms with Crippen molar-refractivity contribution in [1.82, 2.24) is 20.1 Å². The fourth-order valence-electron chi connectivity index (χ4n) is 2.55. The second-order valence-corrected chi connectivity index (χ2v) is 5.72. The molecule has 0 aliphatic carbocycles. The summed E-state index contributed by atoms with van der Waals surface area (Å²) in [7, 11) is 1.54. The smallest absolute Gasteiger partial charge is 0.274 e. The van der Waals surface area contributed by atoms with Crippen molar-refractivity contribution in [3.05, 3.63) is 64.2 Å². The molecule has 2 heterocycles. The lowest BCUT2D eigenvalue weighted by Gasteiger charge is -2.10. The van der Waals surface area contributed by atoms with Gasteiger partial charge in [-0.2, -0.15) is 5.10 Å². The summed E-state index contributed by atoms with van der Waals surface area (Å²) in [6, 6.07) is 10.8. The molecule has 3 aromatic rings. The van der Waals surface area contributed by atoms with Gasteiger partial charge in [0.05, 0.1) is 5.39 Å². The summed E-state index contributed by atoms with van der Waals surface area (Å²) < 4.78 is 1.19. The summed E-state index contributed by atoms with van der Waals surface area (Å²) in [5.74, 6) is 0.450. The molecule has 0 aliphatic heterocycles. The van der Waals surface area contributed by atoms with E-state index in [4.69, 9.17) is 0 Å². The maximum absolute atomic E-state index is 12.5. The number of aryl methyl sites for hydroxylation is 2. The number of pyridine rings is 1. The Labute approximate surface area is 144 Å². The average molecular weight is 337 g/mol. The van der Waals surface area contributed by atoms with Crippen LogP contribution in [0.3, 0.4) is 0 Å². The minimum Gasteiger partial charge on any atom is -0.368 e. The number of anilines is 1. The largest absolute Gasteiger partial charge is 0.368 e. The van der Waals surface area contributed by atoms with Crippen LogP contribution in [0.5, 0.6) is 0 Å². The van der Waals surface area contributed by atoms with E-state index in [9.17, 15) is 9.59 Å². The van der Waals surface area contributed by atoms with E-state index in [1.54, 1.807) is 30.5 Å². The Morgan fingerprint density at radius 2 is 1.92 bits per heavy atom. The molecule has 0 radical (unpaired) electrons. The summed E-state index contributed by atoms with van der Waals surface area (Å²) in [5, 5.41) is 11.1. The number of fused-ring (bicyclic) bond motifs is 1. The molecule has 128 valence electrons. The molecule has 1 aromatic carbocycles. The number of nitrogens with zero attached hydrogens (tertiary/aromatic N) is 3. The number of hydrogen-bond acceptors (Lipinski definition) is 5. The van der Waals surface area contributed by atoms with Crippen LogP contribution in [0.4, 0.5) is 5.82 Å². The zero-order valence-electron chi connectivity index (χ0n) is 14.1. The third-order valence-corrected chi connectivity index (χ3v) is 3.80. The summed E-state index contributed by atoms with van der Waals surface area (Å²) in [6.07, 6.45) is 1.73. The molecular formula is C18H19N5O2. The van der Waals surface area contributed by atoms with Crippen molar-refractivity contribution in [1.29, 1.82) is 0 Å². The van der Waals surface area contributed by atoms with E-state index in [0.29, 0.717) is 23.9 Å². The van der Waals surface area contributed by atoms with Crippen LogP contribution >= 0.6 is 0 Å². The Morgan fingerprint density at radius 3 is 2.68 bits per heavy atom. The van der Waals surface area contributed by atoms with Gasteiger partial charge in [0, 0.05) is 31.7 Å². The van der Waals surface area contributed by atoms with Crippen LogP contribution in [-0.2, 0) is 7.05 Å². The minimum atomic E-state index is -0.314. The maximum Gasteiger partial charge on any atom is 0.274 e. The Kier molecular flexibility index (Phi) is 4.74. The molecule has 0 bridgehead atoms. The van der Waals surface area contributed by atoms with Crippen LogP contribution in [-0.4, -0.2) is 33.8 Å². The summed E-state index contributed by atoms with van der Waals surface area (Å²) >= 11 is 0. The van der Waals surface area contributed by atoms with Crippen LogP contribution in [0, 0.1) is 6.92 Å². The van der Waals surface area contributed by atoms with E-state index in [1.165, 1.54) is 11.7 Å². The number of benzene rings is 1. The summed E-state index contributed by atoms with van der Waals surface area (Å²) in [5.41, 5.74) is 1.13. The first kappa shape index (κ1) is 16.6. The highest BCUT2D eigenvalue weighted by atomic mass is 16.2. The number of carbonyl (C=O) groups is 1. The first-order valence-electron chi connectivity index (χ1n) is 7.97. The number of rotatable bonds is 5. The zero-order valence-corrected chi connectivity index (χ0v) is 14.1. The highest BCUT2D eigenvalue weighted by Crippen LogP contribution is 2.12. The van der Waals surface area contributed by atoms with Crippen molar-refractivity contribution in [3.63, 3.8) is 0 Å². The molecule has 2 N–H and O–H groups in total. The minimum absolute atomic E-state index is 0.223. The van der Waals surface area contributed by atoms with Crippen molar-refractivity contribution >= 4 is 22.5 Å². The van der Waals surface area contributed by atoms with E-state index >= 15 is 0 Å². The van der Waals surface area contributed by atoms with E-state index in [2.05, 4.69) is 20.7 Å². The van der Waals surface area contributed by atoms with Gasteiger partial charge in [-0.3, -0.25) is 9.59 Å². The van der Waals surface area contributed by atoms with Gasteiger partial charge in [0.2, 0.25) is 0 Å². The fourth-order valence-corrected chi connectivity index (χ4v) is 2.55. The molecule has 0 spiro atoms. The molecular weight excluding hydrogens is 318 g/mol. The average Bonchev–Trinajstić information content (AvgIpc) is 2.62. The van der Waals surface area contributed by atoms with Crippen LogP contribution < -0.4 is 16.2 Å². The van der Waals surface area contributed by atoms with Gasteiger partial charge in [-0.15, -0.1) is 0 Å². The highest BCUT2D eigenvalue weighted by Gasteiger charge is 2.14. The van der Waals surface area contributed by atoms with Gasteiger partial charge >= 0.3 is 0 Å². The molecule has 0 unspecified atom stereocenters. The van der Waals surface area contributed by atoms with Crippen LogP contribution in [0.15, 0.2) is 47.4 Å². The SMILES string of the molecule is Cc1ccnc(NCCNC(=O)c2nn(C)c(=O)c3ccccc23)c1. The van der Waals surface area contributed by atoms with Gasteiger partial charge in [0.25, 0.3) is 11.5 Å². The molecule has 0 saturated carbocycles. The third kappa shape index (κ3) is 3.65. The normalized spacial score (nSPS) is 10.6. The van der Waals surface area contributed by atoms with E-state index in [1.807, 2.05) is 19.1 Å². The molecule has 0 atom stereocenters. The summed E-state index contributed by atoms with van der Waals surface area (Å²) in [4.78, 5) is 28.8. The molecule has 7 heteroatoms. The van der Waals surface area contributed by atoms with Crippen molar-refractivity contribution < 1.29 is 4.79 Å². The van der Waals surface area contributed by atoms with Crippen molar-refractivity contribution in [3.8, 4) is 0 Å². The predicted molar refractivity (Wildman–Crippen MR) is 96.8 cm³/mol. The Bertz CT molecular complexity index is 981. The number of nitrogens with one attached hydrogen (secondary N) is 2. The lowest BCUT2D eigenvalue weighted by molar-refractivity contribution is 0.0950. The van der Waals surface area contributed by atoms with E-state index < -0.39 is 0 Å². The molecule has 3 rings (SSSR count). The van der Waals surface area contributed by atoms with Crippen molar-refractivity contribution in [2.24, 2.45) is 7.05 Å². The Balaban J connectivity index is 1.69. The number of hydrogen-bond donors (Lipinski definition) is 2. The molecule has 0 fully saturated rings. The fraction of sp³-hybridized carbons (Fsp3) is 0.222. The Morgan fingerprint density at radius 1 is 1.16 bits per heavy atom. The number of aromatic nitrogens is 3. The van der Waals surface area contributed by atoms with Gasteiger partial charge < -0.3 is 10.6 Å². The van der Waals surface area contributed by atoms with Gasteiger partial charge in [-0.25, -0.2) is 9.67 Å². The van der Waals surface area contributed by atoms with Crippen LogP contribution in [0.2, 0.25) is 0 Å². The van der Waals surface area contributed by atoms with Crippen molar-refractivity contribution in [2.45, 2.75) is 6.92 Å². The number of amides is 1. The molecule has 0 aliphatic rings. The van der Waals surface area contributed by atoms with Crippen LogP contribution in [0.25, 0.3) is 10.8 Å².